The van der Waals surface area contributed by atoms with Crippen molar-refractivity contribution in [2.45, 2.75) is 52.4 Å². The van der Waals surface area contributed by atoms with Crippen LogP contribution in [0, 0.1) is 0 Å². The second kappa shape index (κ2) is 8.57. The van der Waals surface area contributed by atoms with Crippen molar-refractivity contribution in [3.05, 3.63) is 11.6 Å². The molecular weight excluding hydrogens is 216 g/mol. The summed E-state index contributed by atoms with van der Waals surface area (Å²) in [7, 11) is 0. The quantitative estimate of drug-likeness (QED) is 0.597. The lowest BCUT2D eigenvalue weighted by atomic mass is 10.2. The zero-order valence-corrected chi connectivity index (χ0v) is 11.4. The summed E-state index contributed by atoms with van der Waals surface area (Å²) in [4.78, 5) is 6.87. The molecule has 0 saturated carbocycles. The summed E-state index contributed by atoms with van der Waals surface area (Å²) >= 11 is 1.76. The first kappa shape index (κ1) is 13.5. The molecule has 16 heavy (non-hydrogen) atoms. The van der Waals surface area contributed by atoms with E-state index >= 15 is 0 Å². The first-order valence-corrected chi connectivity index (χ1v) is 7.40. The molecule has 0 aliphatic rings. The Morgan fingerprint density at radius 1 is 1.06 bits per heavy atom. The van der Waals surface area contributed by atoms with Gasteiger partial charge in [0, 0.05) is 24.7 Å². The lowest BCUT2D eigenvalue weighted by molar-refractivity contribution is 0.635. The highest BCUT2D eigenvalue weighted by Crippen LogP contribution is 2.18. The lowest BCUT2D eigenvalue weighted by Gasteiger charge is -2.21. The third kappa shape index (κ3) is 4.97. The molecule has 1 aromatic heterocycles. The molecule has 0 spiro atoms. The summed E-state index contributed by atoms with van der Waals surface area (Å²) in [5.41, 5.74) is 0. The third-order valence-corrected chi connectivity index (χ3v) is 3.59. The van der Waals surface area contributed by atoms with Gasteiger partial charge in [-0.3, -0.25) is 0 Å². The molecule has 0 amide bonds. The minimum atomic E-state index is 1.17. The predicted molar refractivity (Wildman–Crippen MR) is 73.4 cm³/mol. The van der Waals surface area contributed by atoms with Crippen LogP contribution in [0.25, 0.3) is 0 Å². The largest absolute Gasteiger partial charge is 0.348 e. The van der Waals surface area contributed by atoms with E-state index in [-0.39, 0.29) is 0 Å². The number of unbranched alkanes of at least 4 members (excludes halogenated alkanes) is 4. The Kier molecular flexibility index (Phi) is 7.23. The van der Waals surface area contributed by atoms with Crippen molar-refractivity contribution < 1.29 is 0 Å². The van der Waals surface area contributed by atoms with E-state index in [1.165, 1.54) is 56.7 Å². The number of nitrogens with zero attached hydrogens (tertiary/aromatic N) is 2. The maximum atomic E-state index is 4.42. The van der Waals surface area contributed by atoms with Crippen molar-refractivity contribution in [3.8, 4) is 0 Å². The Morgan fingerprint density at radius 2 is 1.69 bits per heavy atom. The van der Waals surface area contributed by atoms with Crippen LogP contribution in [0.15, 0.2) is 11.6 Å². The summed E-state index contributed by atoms with van der Waals surface area (Å²) < 4.78 is 0. The molecule has 0 aliphatic carbocycles. The molecule has 0 bridgehead atoms. The van der Waals surface area contributed by atoms with Crippen LogP contribution in [-0.4, -0.2) is 18.1 Å². The molecule has 0 atom stereocenters. The fourth-order valence-corrected chi connectivity index (χ4v) is 2.48. The van der Waals surface area contributed by atoms with Crippen molar-refractivity contribution in [2.75, 3.05) is 18.0 Å². The van der Waals surface area contributed by atoms with Crippen LogP contribution < -0.4 is 4.90 Å². The Bertz CT molecular complexity index is 236. The summed E-state index contributed by atoms with van der Waals surface area (Å²) in [5, 5.41) is 3.27. The highest BCUT2D eigenvalue weighted by atomic mass is 32.1. The van der Waals surface area contributed by atoms with Gasteiger partial charge in [0.25, 0.3) is 0 Å². The lowest BCUT2D eigenvalue weighted by Crippen LogP contribution is -2.25. The smallest absolute Gasteiger partial charge is 0.185 e. The summed E-state index contributed by atoms with van der Waals surface area (Å²) in [6.07, 6.45) is 9.74. The van der Waals surface area contributed by atoms with Gasteiger partial charge in [0.05, 0.1) is 0 Å². The molecule has 0 fully saturated rings. The highest BCUT2D eigenvalue weighted by Gasteiger charge is 2.07. The maximum absolute atomic E-state index is 4.42. The van der Waals surface area contributed by atoms with E-state index in [1.807, 2.05) is 6.20 Å². The summed E-state index contributed by atoms with van der Waals surface area (Å²) in [5.74, 6) is 0. The molecule has 1 rings (SSSR count). The SMILES string of the molecule is CCCCCN(CCCCC)c1nccs1. The molecule has 0 aliphatic heterocycles. The maximum Gasteiger partial charge on any atom is 0.185 e. The minimum absolute atomic E-state index is 1.17. The Balaban J connectivity index is 2.36. The van der Waals surface area contributed by atoms with Crippen LogP contribution in [0.1, 0.15) is 52.4 Å². The van der Waals surface area contributed by atoms with Crippen molar-refractivity contribution in [3.63, 3.8) is 0 Å². The van der Waals surface area contributed by atoms with Crippen LogP contribution in [0.4, 0.5) is 5.13 Å². The number of rotatable bonds is 9. The zero-order valence-electron chi connectivity index (χ0n) is 10.6. The van der Waals surface area contributed by atoms with Crippen LogP contribution in [0.3, 0.4) is 0 Å². The number of hydrogen-bond acceptors (Lipinski definition) is 3. The molecule has 2 nitrogen and oxygen atoms in total. The molecule has 0 saturated heterocycles. The first-order chi connectivity index (χ1) is 7.88. The van der Waals surface area contributed by atoms with Crippen LogP contribution in [-0.2, 0) is 0 Å². The summed E-state index contributed by atoms with van der Waals surface area (Å²) in [6.45, 7) is 6.85. The number of thiazole rings is 1. The molecule has 3 heteroatoms. The van der Waals surface area contributed by atoms with Gasteiger partial charge in [-0.25, -0.2) is 4.98 Å². The van der Waals surface area contributed by atoms with Gasteiger partial charge in [-0.15, -0.1) is 11.3 Å². The Morgan fingerprint density at radius 3 is 2.12 bits per heavy atom. The Hall–Kier alpha value is -0.570. The third-order valence-electron chi connectivity index (χ3n) is 2.75. The number of aromatic nitrogens is 1. The van der Waals surface area contributed by atoms with E-state index < -0.39 is 0 Å². The van der Waals surface area contributed by atoms with Crippen molar-refractivity contribution >= 4 is 16.5 Å². The fourth-order valence-electron chi connectivity index (χ4n) is 1.78. The second-order valence-electron chi connectivity index (χ2n) is 4.22. The fraction of sp³-hybridized carbons (Fsp3) is 0.769. The predicted octanol–water partition coefficient (Wildman–Crippen LogP) is 4.33. The van der Waals surface area contributed by atoms with Gasteiger partial charge >= 0.3 is 0 Å². The van der Waals surface area contributed by atoms with Gasteiger partial charge in [-0.1, -0.05) is 39.5 Å². The van der Waals surface area contributed by atoms with Crippen LogP contribution in [0.2, 0.25) is 0 Å². The molecule has 0 N–H and O–H groups in total. The average molecular weight is 240 g/mol. The van der Waals surface area contributed by atoms with E-state index in [4.69, 9.17) is 0 Å². The summed E-state index contributed by atoms with van der Waals surface area (Å²) in [6, 6.07) is 0. The normalized spacial score (nSPS) is 10.6. The number of anilines is 1. The second-order valence-corrected chi connectivity index (χ2v) is 5.09. The van der Waals surface area contributed by atoms with E-state index in [0.29, 0.717) is 0 Å². The number of hydrogen-bond donors (Lipinski definition) is 0. The highest BCUT2D eigenvalue weighted by molar-refractivity contribution is 7.13. The topological polar surface area (TPSA) is 16.1 Å². The van der Waals surface area contributed by atoms with E-state index in [9.17, 15) is 0 Å². The van der Waals surface area contributed by atoms with Crippen molar-refractivity contribution in [2.24, 2.45) is 0 Å². The van der Waals surface area contributed by atoms with E-state index in [1.54, 1.807) is 11.3 Å². The van der Waals surface area contributed by atoms with E-state index in [2.05, 4.69) is 29.1 Å². The van der Waals surface area contributed by atoms with Crippen LogP contribution >= 0.6 is 11.3 Å². The molecule has 1 aromatic rings. The van der Waals surface area contributed by atoms with Gasteiger partial charge in [0.2, 0.25) is 0 Å². The van der Waals surface area contributed by atoms with Crippen LogP contribution in [0.5, 0.6) is 0 Å². The minimum Gasteiger partial charge on any atom is -0.348 e. The molecule has 0 aromatic carbocycles. The van der Waals surface area contributed by atoms with Gasteiger partial charge in [0.15, 0.2) is 5.13 Å². The van der Waals surface area contributed by atoms with Gasteiger partial charge in [-0.2, -0.15) is 0 Å². The van der Waals surface area contributed by atoms with Gasteiger partial charge in [0.1, 0.15) is 0 Å². The average Bonchev–Trinajstić information content (AvgIpc) is 2.81. The molecule has 0 radical (unpaired) electrons. The molecule has 92 valence electrons. The van der Waals surface area contributed by atoms with Gasteiger partial charge in [-0.05, 0) is 12.8 Å². The first-order valence-electron chi connectivity index (χ1n) is 6.53. The van der Waals surface area contributed by atoms with Gasteiger partial charge < -0.3 is 4.90 Å². The standard InChI is InChI=1S/C13H24N2S/c1-3-5-7-10-15(11-8-6-4-2)13-14-9-12-16-13/h9,12H,3-8,10-11H2,1-2H3. The monoisotopic (exact) mass is 240 g/mol. The molecule has 1 heterocycles. The van der Waals surface area contributed by atoms with E-state index in [0.717, 1.165) is 0 Å². The zero-order chi connectivity index (χ0) is 11.6. The van der Waals surface area contributed by atoms with Crippen molar-refractivity contribution in [1.82, 2.24) is 4.98 Å². The molecule has 0 unspecified atom stereocenters. The Labute approximate surface area is 104 Å². The van der Waals surface area contributed by atoms with Crippen molar-refractivity contribution in [1.29, 1.82) is 0 Å². The molecular formula is C13H24N2S.